The number of nitrogens with two attached hydrogens (primary N) is 1. The summed E-state index contributed by atoms with van der Waals surface area (Å²) in [6.07, 6.45) is 8.73. The van der Waals surface area contributed by atoms with E-state index < -0.39 is 0 Å². The lowest BCUT2D eigenvalue weighted by Gasteiger charge is -2.25. The Bertz CT molecular complexity index is 516. The van der Waals surface area contributed by atoms with Gasteiger partial charge in [-0.25, -0.2) is 0 Å². The highest BCUT2D eigenvalue weighted by molar-refractivity contribution is 9.11. The molecule has 0 saturated heterocycles. The normalized spacial score (nSPS) is 16.2. The second-order valence-corrected chi connectivity index (χ2v) is 7.55. The summed E-state index contributed by atoms with van der Waals surface area (Å²) in [7, 11) is 0. The Labute approximate surface area is 162 Å². The van der Waals surface area contributed by atoms with Crippen molar-refractivity contribution < 1.29 is 0 Å². The Morgan fingerprint density at radius 2 is 2.00 bits per heavy atom. The molecule has 0 spiro atoms. The summed E-state index contributed by atoms with van der Waals surface area (Å²) >= 11 is 3.61. The van der Waals surface area contributed by atoms with Gasteiger partial charge in [0.1, 0.15) is 0 Å². The van der Waals surface area contributed by atoms with Crippen LogP contribution < -0.4 is 16.4 Å². The van der Waals surface area contributed by atoms with Crippen LogP contribution in [0.25, 0.3) is 0 Å². The van der Waals surface area contributed by atoms with Gasteiger partial charge < -0.3 is 21.3 Å². The number of likely N-dealkylation sites (N-methyl/N-ethyl adjacent to an activating group) is 1. The number of nitrogens with zero attached hydrogens (tertiary/aromatic N) is 1. The fourth-order valence-corrected chi connectivity index (χ4v) is 3.45. The minimum atomic E-state index is 0.872. The fraction of sp³-hybridized carbons (Fsp3) is 0.600. The van der Waals surface area contributed by atoms with Crippen LogP contribution in [0, 0.1) is 0 Å². The maximum atomic E-state index is 6.10. The van der Waals surface area contributed by atoms with Crippen LogP contribution >= 0.6 is 15.9 Å². The van der Waals surface area contributed by atoms with E-state index in [2.05, 4.69) is 71.0 Å². The van der Waals surface area contributed by atoms with E-state index in [0.29, 0.717) is 0 Å². The molecule has 0 heterocycles. The van der Waals surface area contributed by atoms with Crippen molar-refractivity contribution >= 4 is 15.9 Å². The Balaban J connectivity index is 2.29. The van der Waals surface area contributed by atoms with Crippen molar-refractivity contribution in [1.29, 1.82) is 0 Å². The van der Waals surface area contributed by atoms with E-state index in [0.717, 1.165) is 57.0 Å². The standard InChI is InChI=1S/C20H35BrN4/c1-5-9-20(16(3)21)25(6-2)15-14-23-12-13-24-17(4)18-10-7-8-11-19(18)22/h5,9,23-24H,4,6-8,10-15,22H2,1-3H3/b9-5-,20-16-. The molecule has 0 atom stereocenters. The van der Waals surface area contributed by atoms with E-state index in [4.69, 9.17) is 5.73 Å². The van der Waals surface area contributed by atoms with Crippen LogP contribution in [-0.2, 0) is 0 Å². The number of rotatable bonds is 11. The molecule has 25 heavy (non-hydrogen) atoms. The van der Waals surface area contributed by atoms with Gasteiger partial charge in [0.2, 0.25) is 0 Å². The molecule has 5 heteroatoms. The Morgan fingerprint density at radius 1 is 1.28 bits per heavy atom. The summed E-state index contributed by atoms with van der Waals surface area (Å²) in [5.41, 5.74) is 10.6. The number of hydrogen-bond donors (Lipinski definition) is 3. The van der Waals surface area contributed by atoms with E-state index in [1.807, 2.05) is 0 Å². The van der Waals surface area contributed by atoms with Gasteiger partial charge in [-0.1, -0.05) is 28.6 Å². The third kappa shape index (κ3) is 7.70. The number of nitrogens with one attached hydrogen (secondary N) is 2. The molecular weight excluding hydrogens is 376 g/mol. The van der Waals surface area contributed by atoms with Gasteiger partial charge in [0, 0.05) is 54.3 Å². The molecule has 0 amide bonds. The summed E-state index contributed by atoms with van der Waals surface area (Å²) in [4.78, 5) is 2.37. The van der Waals surface area contributed by atoms with Crippen LogP contribution in [-0.4, -0.2) is 37.6 Å². The van der Waals surface area contributed by atoms with Gasteiger partial charge >= 0.3 is 0 Å². The average Bonchev–Trinajstić information content (AvgIpc) is 2.59. The minimum absolute atomic E-state index is 0.872. The van der Waals surface area contributed by atoms with Crippen LogP contribution in [0.1, 0.15) is 46.5 Å². The van der Waals surface area contributed by atoms with Gasteiger partial charge in [-0.3, -0.25) is 0 Å². The first-order chi connectivity index (χ1) is 12.0. The van der Waals surface area contributed by atoms with Crippen molar-refractivity contribution in [3.8, 4) is 0 Å². The van der Waals surface area contributed by atoms with Crippen molar-refractivity contribution in [2.24, 2.45) is 5.73 Å². The molecule has 0 aromatic carbocycles. The summed E-state index contributed by atoms with van der Waals surface area (Å²) < 4.78 is 1.17. The van der Waals surface area contributed by atoms with E-state index in [1.165, 1.54) is 28.6 Å². The molecule has 142 valence electrons. The maximum absolute atomic E-state index is 6.10. The summed E-state index contributed by atoms with van der Waals surface area (Å²) in [6.45, 7) is 15.2. The zero-order chi connectivity index (χ0) is 18.7. The van der Waals surface area contributed by atoms with Crippen molar-refractivity contribution in [2.75, 3.05) is 32.7 Å². The maximum Gasteiger partial charge on any atom is 0.0463 e. The first-order valence-electron chi connectivity index (χ1n) is 9.36. The van der Waals surface area contributed by atoms with Crippen molar-refractivity contribution in [2.45, 2.75) is 46.5 Å². The molecule has 4 nitrogen and oxygen atoms in total. The zero-order valence-corrected chi connectivity index (χ0v) is 17.7. The quantitative estimate of drug-likeness (QED) is 0.356. The van der Waals surface area contributed by atoms with E-state index >= 15 is 0 Å². The van der Waals surface area contributed by atoms with E-state index in [-0.39, 0.29) is 0 Å². The zero-order valence-electron chi connectivity index (χ0n) is 16.1. The summed E-state index contributed by atoms with van der Waals surface area (Å²) in [5, 5.41) is 6.91. The van der Waals surface area contributed by atoms with E-state index in [9.17, 15) is 0 Å². The molecule has 1 aliphatic carbocycles. The van der Waals surface area contributed by atoms with E-state index in [1.54, 1.807) is 0 Å². The summed E-state index contributed by atoms with van der Waals surface area (Å²) in [6, 6.07) is 0. The SMILES string of the molecule is C=C(NCCNCCN(CC)C(/C=C\C)=C(/C)Br)C1=C(N)CCCC1. The van der Waals surface area contributed by atoms with Gasteiger partial charge in [-0.15, -0.1) is 0 Å². The second-order valence-electron chi connectivity index (χ2n) is 6.36. The minimum Gasteiger partial charge on any atom is -0.402 e. The topological polar surface area (TPSA) is 53.3 Å². The lowest BCUT2D eigenvalue weighted by atomic mass is 9.95. The van der Waals surface area contributed by atoms with Gasteiger partial charge in [0.25, 0.3) is 0 Å². The van der Waals surface area contributed by atoms with Crippen LogP contribution in [0.3, 0.4) is 0 Å². The lowest BCUT2D eigenvalue weighted by Crippen LogP contribution is -2.34. The monoisotopic (exact) mass is 410 g/mol. The van der Waals surface area contributed by atoms with Gasteiger partial charge in [0.15, 0.2) is 0 Å². The molecule has 0 fully saturated rings. The molecule has 0 aliphatic heterocycles. The Hall–Kier alpha value is -1.20. The highest BCUT2D eigenvalue weighted by atomic mass is 79.9. The third-order valence-electron chi connectivity index (χ3n) is 4.47. The summed E-state index contributed by atoms with van der Waals surface area (Å²) in [5.74, 6) is 0. The van der Waals surface area contributed by atoms with Crippen molar-refractivity contribution in [3.05, 3.63) is 45.9 Å². The van der Waals surface area contributed by atoms with Crippen molar-refractivity contribution in [1.82, 2.24) is 15.5 Å². The van der Waals surface area contributed by atoms with Crippen LogP contribution in [0.2, 0.25) is 0 Å². The molecule has 0 aromatic heterocycles. The molecule has 0 bridgehead atoms. The van der Waals surface area contributed by atoms with Crippen LogP contribution in [0.15, 0.2) is 45.9 Å². The predicted octanol–water partition coefficient (Wildman–Crippen LogP) is 3.99. The lowest BCUT2D eigenvalue weighted by molar-refractivity contribution is 0.367. The molecule has 1 aliphatic rings. The average molecular weight is 411 g/mol. The number of halogens is 1. The third-order valence-corrected chi connectivity index (χ3v) is 4.88. The Morgan fingerprint density at radius 3 is 2.60 bits per heavy atom. The molecule has 1 rings (SSSR count). The highest BCUT2D eigenvalue weighted by Crippen LogP contribution is 2.24. The molecule has 0 saturated carbocycles. The van der Waals surface area contributed by atoms with Gasteiger partial charge in [-0.2, -0.15) is 0 Å². The fourth-order valence-electron chi connectivity index (χ4n) is 3.07. The number of allylic oxidation sites excluding steroid dienone is 5. The molecule has 4 N–H and O–H groups in total. The Kier molecular flexibility index (Phi) is 10.7. The largest absolute Gasteiger partial charge is 0.402 e. The molecule has 0 unspecified atom stereocenters. The first kappa shape index (κ1) is 21.8. The molecular formula is C20H35BrN4. The second kappa shape index (κ2) is 12.2. The predicted molar refractivity (Wildman–Crippen MR) is 113 cm³/mol. The molecule has 0 radical (unpaired) electrons. The van der Waals surface area contributed by atoms with Crippen LogP contribution in [0.4, 0.5) is 0 Å². The molecule has 0 aromatic rings. The van der Waals surface area contributed by atoms with Gasteiger partial charge in [0.05, 0.1) is 0 Å². The smallest absolute Gasteiger partial charge is 0.0463 e. The first-order valence-corrected chi connectivity index (χ1v) is 10.2. The van der Waals surface area contributed by atoms with Crippen molar-refractivity contribution in [3.63, 3.8) is 0 Å². The highest BCUT2D eigenvalue weighted by Gasteiger charge is 2.12. The van der Waals surface area contributed by atoms with Crippen LogP contribution in [0.5, 0.6) is 0 Å². The van der Waals surface area contributed by atoms with Gasteiger partial charge in [-0.05, 0) is 58.1 Å². The number of hydrogen-bond acceptors (Lipinski definition) is 4.